The highest BCUT2D eigenvalue weighted by Gasteiger charge is 2.30. The predicted octanol–water partition coefficient (Wildman–Crippen LogP) is 3.91. The topological polar surface area (TPSA) is 99.9 Å². The van der Waals surface area contributed by atoms with Crippen LogP contribution < -0.4 is 10.2 Å². The highest BCUT2D eigenvalue weighted by molar-refractivity contribution is 7.89. The molecule has 1 aromatic heterocycles. The van der Waals surface area contributed by atoms with Gasteiger partial charge in [-0.1, -0.05) is 12.5 Å². The lowest BCUT2D eigenvalue weighted by Crippen LogP contribution is -2.35. The molecule has 0 bridgehead atoms. The number of hydrogen-bond donors (Lipinski definition) is 1. The van der Waals surface area contributed by atoms with Crippen LogP contribution >= 0.6 is 0 Å². The van der Waals surface area contributed by atoms with Gasteiger partial charge in [0.15, 0.2) is 5.76 Å². The number of carbonyl (C=O) groups excluding carboxylic acids is 2. The third kappa shape index (κ3) is 4.24. The first kappa shape index (κ1) is 22.4. The van der Waals surface area contributed by atoms with Crippen LogP contribution in [-0.4, -0.2) is 44.2 Å². The first-order valence-corrected chi connectivity index (χ1v) is 12.8. The highest BCUT2D eigenvalue weighted by atomic mass is 32.2. The van der Waals surface area contributed by atoms with Crippen LogP contribution in [0.4, 0.5) is 11.4 Å². The van der Waals surface area contributed by atoms with E-state index in [0.29, 0.717) is 43.0 Å². The molecule has 2 aliphatic heterocycles. The van der Waals surface area contributed by atoms with Gasteiger partial charge in [-0.05, 0) is 73.4 Å². The molecule has 5 rings (SSSR count). The fourth-order valence-electron chi connectivity index (χ4n) is 4.49. The minimum Gasteiger partial charge on any atom is -0.459 e. The molecule has 1 N–H and O–H groups in total. The third-order valence-corrected chi connectivity index (χ3v) is 8.15. The average Bonchev–Trinajstić information content (AvgIpc) is 3.54. The lowest BCUT2D eigenvalue weighted by molar-refractivity contribution is 0.0982. The van der Waals surface area contributed by atoms with E-state index in [1.54, 1.807) is 63.8 Å². The molecule has 8 nitrogen and oxygen atoms in total. The zero-order chi connectivity index (χ0) is 23.7. The van der Waals surface area contributed by atoms with Crippen molar-refractivity contribution >= 4 is 33.2 Å². The number of nitrogens with one attached hydrogen (secondary N) is 1. The molecular weight excluding hydrogens is 454 g/mol. The van der Waals surface area contributed by atoms with Crippen LogP contribution in [0.5, 0.6) is 0 Å². The number of furan rings is 1. The van der Waals surface area contributed by atoms with E-state index < -0.39 is 15.9 Å². The Balaban J connectivity index is 1.35. The Morgan fingerprint density at radius 3 is 2.50 bits per heavy atom. The van der Waals surface area contributed by atoms with E-state index in [9.17, 15) is 18.0 Å². The zero-order valence-corrected chi connectivity index (χ0v) is 19.4. The van der Waals surface area contributed by atoms with E-state index in [4.69, 9.17) is 4.42 Å². The van der Waals surface area contributed by atoms with Crippen molar-refractivity contribution in [2.24, 2.45) is 0 Å². The Bertz CT molecular complexity index is 1330. The molecule has 3 heterocycles. The van der Waals surface area contributed by atoms with Crippen molar-refractivity contribution in [3.63, 3.8) is 0 Å². The second-order valence-electron chi connectivity index (χ2n) is 8.47. The second kappa shape index (κ2) is 9.08. The van der Waals surface area contributed by atoms with Crippen LogP contribution in [0.2, 0.25) is 0 Å². The average molecular weight is 480 g/mol. The second-order valence-corrected chi connectivity index (χ2v) is 10.4. The Kier molecular flexibility index (Phi) is 5.97. The maximum Gasteiger partial charge on any atom is 0.291 e. The first-order valence-electron chi connectivity index (χ1n) is 11.3. The van der Waals surface area contributed by atoms with Crippen LogP contribution in [0.25, 0.3) is 0 Å². The Hall–Kier alpha value is -3.43. The number of nitrogens with zero attached hydrogens (tertiary/aromatic N) is 2. The molecule has 34 heavy (non-hydrogen) atoms. The van der Waals surface area contributed by atoms with Crippen molar-refractivity contribution in [2.45, 2.75) is 30.6 Å². The quantitative estimate of drug-likeness (QED) is 0.598. The van der Waals surface area contributed by atoms with Gasteiger partial charge < -0.3 is 14.6 Å². The van der Waals surface area contributed by atoms with Gasteiger partial charge in [-0.2, -0.15) is 4.31 Å². The van der Waals surface area contributed by atoms with Gasteiger partial charge in [0.2, 0.25) is 10.0 Å². The summed E-state index contributed by atoms with van der Waals surface area (Å²) in [5.41, 5.74) is 2.46. The van der Waals surface area contributed by atoms with Crippen LogP contribution in [0.1, 0.15) is 45.7 Å². The molecule has 9 heteroatoms. The molecule has 0 atom stereocenters. The number of rotatable bonds is 5. The third-order valence-electron chi connectivity index (χ3n) is 6.26. The lowest BCUT2D eigenvalue weighted by Gasteiger charge is -2.26. The van der Waals surface area contributed by atoms with Crippen LogP contribution in [0.3, 0.4) is 0 Å². The summed E-state index contributed by atoms with van der Waals surface area (Å²) in [6, 6.07) is 14.9. The number of benzene rings is 2. The largest absolute Gasteiger partial charge is 0.459 e. The van der Waals surface area contributed by atoms with Crippen molar-refractivity contribution in [1.29, 1.82) is 0 Å². The minimum absolute atomic E-state index is 0.181. The molecule has 0 aliphatic carbocycles. The molecular formula is C25H25N3O5S. The van der Waals surface area contributed by atoms with Gasteiger partial charge in [-0.3, -0.25) is 9.59 Å². The van der Waals surface area contributed by atoms with Gasteiger partial charge in [-0.15, -0.1) is 0 Å². The molecule has 0 saturated carbocycles. The minimum atomic E-state index is -3.53. The summed E-state index contributed by atoms with van der Waals surface area (Å²) in [6.45, 7) is 1.57. The van der Waals surface area contributed by atoms with E-state index >= 15 is 0 Å². The summed E-state index contributed by atoms with van der Waals surface area (Å²) in [4.78, 5) is 27.5. The van der Waals surface area contributed by atoms with Gasteiger partial charge >= 0.3 is 0 Å². The molecule has 2 aromatic carbocycles. The number of carbonyl (C=O) groups is 2. The first-order chi connectivity index (χ1) is 16.4. The molecule has 2 amide bonds. The summed E-state index contributed by atoms with van der Waals surface area (Å²) in [7, 11) is -3.53. The van der Waals surface area contributed by atoms with Gasteiger partial charge in [0.1, 0.15) is 0 Å². The SMILES string of the molecule is O=C(Nc1cccc(C(=O)N2CCc3cc(S(=O)(=O)N4CCCCC4)ccc32)c1)c1ccco1. The van der Waals surface area contributed by atoms with Crippen LogP contribution in [-0.2, 0) is 16.4 Å². The number of anilines is 2. The fraction of sp³-hybridized carbons (Fsp3) is 0.280. The molecule has 176 valence electrons. The maximum absolute atomic E-state index is 13.3. The number of amides is 2. The number of sulfonamides is 1. The number of fused-ring (bicyclic) bond motifs is 1. The summed E-state index contributed by atoms with van der Waals surface area (Å²) in [6.07, 6.45) is 4.82. The van der Waals surface area contributed by atoms with Crippen LogP contribution in [0.15, 0.2) is 70.2 Å². The van der Waals surface area contributed by atoms with Gasteiger partial charge in [0.05, 0.1) is 11.2 Å². The van der Waals surface area contributed by atoms with E-state index in [1.165, 1.54) is 6.26 Å². The molecule has 0 radical (unpaired) electrons. The van der Waals surface area contributed by atoms with E-state index in [2.05, 4.69) is 5.32 Å². The summed E-state index contributed by atoms with van der Waals surface area (Å²) >= 11 is 0. The number of piperidine rings is 1. The smallest absolute Gasteiger partial charge is 0.291 e. The summed E-state index contributed by atoms with van der Waals surface area (Å²) in [5, 5.41) is 2.73. The molecule has 0 unspecified atom stereocenters. The Labute approximate surface area is 198 Å². The van der Waals surface area contributed by atoms with Gasteiger partial charge in [-0.25, -0.2) is 8.42 Å². The Morgan fingerprint density at radius 1 is 0.912 bits per heavy atom. The van der Waals surface area contributed by atoms with E-state index in [0.717, 1.165) is 24.8 Å². The summed E-state index contributed by atoms with van der Waals surface area (Å²) in [5.74, 6) is -0.427. The monoisotopic (exact) mass is 479 g/mol. The maximum atomic E-state index is 13.3. The predicted molar refractivity (Wildman–Crippen MR) is 128 cm³/mol. The van der Waals surface area contributed by atoms with Crippen molar-refractivity contribution in [3.8, 4) is 0 Å². The Morgan fingerprint density at radius 2 is 1.74 bits per heavy atom. The number of hydrogen-bond acceptors (Lipinski definition) is 5. The standard InChI is InChI=1S/C25H25N3O5S/c29-24(23-8-5-15-33-23)26-20-7-4-6-19(16-20)25(30)28-14-11-18-17-21(9-10-22(18)28)34(31,32)27-12-2-1-3-13-27/h4-10,15-17H,1-3,11-14H2,(H,26,29). The molecule has 0 spiro atoms. The van der Waals surface area contributed by atoms with Crippen molar-refractivity contribution in [2.75, 3.05) is 29.9 Å². The molecule has 1 saturated heterocycles. The molecule has 2 aliphatic rings. The van der Waals surface area contributed by atoms with Crippen molar-refractivity contribution in [3.05, 3.63) is 77.7 Å². The fourth-order valence-corrected chi connectivity index (χ4v) is 6.06. The van der Waals surface area contributed by atoms with Gasteiger partial charge in [0, 0.05) is 36.6 Å². The highest BCUT2D eigenvalue weighted by Crippen LogP contribution is 2.33. The normalized spacial score (nSPS) is 16.3. The van der Waals surface area contributed by atoms with Crippen LogP contribution in [0, 0.1) is 0 Å². The molecule has 3 aromatic rings. The lowest BCUT2D eigenvalue weighted by atomic mass is 10.1. The molecule has 1 fully saturated rings. The summed E-state index contributed by atoms with van der Waals surface area (Å²) < 4.78 is 32.7. The van der Waals surface area contributed by atoms with Crippen molar-refractivity contribution in [1.82, 2.24) is 4.31 Å². The van der Waals surface area contributed by atoms with E-state index in [1.807, 2.05) is 0 Å². The van der Waals surface area contributed by atoms with Gasteiger partial charge in [0.25, 0.3) is 11.8 Å². The van der Waals surface area contributed by atoms with Crippen molar-refractivity contribution < 1.29 is 22.4 Å². The zero-order valence-electron chi connectivity index (χ0n) is 18.6. The van der Waals surface area contributed by atoms with E-state index in [-0.39, 0.29) is 16.6 Å².